The number of allylic oxidation sites excluding steroid dienone is 5. The van der Waals surface area contributed by atoms with Crippen molar-refractivity contribution in [2.45, 2.75) is 119 Å². The van der Waals surface area contributed by atoms with Crippen molar-refractivity contribution in [3.63, 3.8) is 0 Å². The fourth-order valence-electron chi connectivity index (χ4n) is 9.64. The molecule has 0 unspecified atom stereocenters. The topological polar surface area (TPSA) is 89.9 Å². The van der Waals surface area contributed by atoms with E-state index in [4.69, 9.17) is 9.47 Å². The molecule has 4 aliphatic rings. The lowest BCUT2D eigenvalue weighted by molar-refractivity contribution is -0.163. The van der Waals surface area contributed by atoms with E-state index in [2.05, 4.69) is 53.7 Å². The molecule has 8 atom stereocenters. The van der Waals surface area contributed by atoms with Gasteiger partial charge in [-0.1, -0.05) is 65.8 Å². The van der Waals surface area contributed by atoms with Crippen molar-refractivity contribution in [2.24, 2.45) is 39.4 Å². The van der Waals surface area contributed by atoms with Gasteiger partial charge in [0.25, 0.3) is 0 Å². The van der Waals surface area contributed by atoms with Gasteiger partial charge in [-0.25, -0.2) is 9.59 Å². The van der Waals surface area contributed by atoms with Crippen LogP contribution in [0.15, 0.2) is 47.1 Å². The van der Waals surface area contributed by atoms with E-state index in [-0.39, 0.29) is 45.8 Å². The van der Waals surface area contributed by atoms with Gasteiger partial charge in [0.15, 0.2) is 0 Å². The van der Waals surface area contributed by atoms with Gasteiger partial charge in [-0.05, 0) is 98.5 Å². The Balaban J connectivity index is 1.70. The van der Waals surface area contributed by atoms with Gasteiger partial charge < -0.3 is 14.6 Å². The standard InChI is InChI=1S/C36H52O6/c1-10-12-31(38)42-29-18-19-34(7)25-17-20-35(8)27(22(2)13-11-14-23(3)32(39)40)21-30(41-24(4)37)36(35,9)26(25)15-16-28(34)33(29,5)6/h10,12,14-15,17,22,27-30H,11,13,16,18-21H2,1-9H3,(H,39,40)/b12-10+,23-14+/t22-,27-,28+,29+,30+,34-,35-,36-/m1/s1. The van der Waals surface area contributed by atoms with Crippen LogP contribution >= 0.6 is 0 Å². The molecule has 1 N–H and O–H groups in total. The predicted octanol–water partition coefficient (Wildman–Crippen LogP) is 7.99. The number of hydrogen-bond acceptors (Lipinski definition) is 5. The van der Waals surface area contributed by atoms with Crippen molar-refractivity contribution < 1.29 is 29.0 Å². The number of hydrogen-bond donors (Lipinski definition) is 1. The lowest BCUT2D eigenvalue weighted by Crippen LogP contribution is -2.56. The molecule has 0 aromatic carbocycles. The third-order valence-corrected chi connectivity index (χ3v) is 12.3. The van der Waals surface area contributed by atoms with Crippen molar-refractivity contribution >= 4 is 17.9 Å². The molecule has 0 spiro atoms. The quantitative estimate of drug-likeness (QED) is 0.231. The maximum Gasteiger partial charge on any atom is 0.330 e. The van der Waals surface area contributed by atoms with E-state index >= 15 is 0 Å². The van der Waals surface area contributed by atoms with E-state index in [0.717, 1.165) is 44.9 Å². The Bertz CT molecular complexity index is 1240. The number of aliphatic carboxylic acids is 1. The second-order valence-corrected chi connectivity index (χ2v) is 14.7. The zero-order valence-corrected chi connectivity index (χ0v) is 27.2. The molecule has 0 bridgehead atoms. The van der Waals surface area contributed by atoms with E-state index in [1.54, 1.807) is 13.0 Å². The van der Waals surface area contributed by atoms with Crippen LogP contribution in [0.3, 0.4) is 0 Å². The Morgan fingerprint density at radius 1 is 1.05 bits per heavy atom. The Labute approximate surface area is 252 Å². The molecule has 0 aromatic rings. The summed E-state index contributed by atoms with van der Waals surface area (Å²) in [6.45, 7) is 18.9. The van der Waals surface area contributed by atoms with Gasteiger partial charge in [0.2, 0.25) is 0 Å². The van der Waals surface area contributed by atoms with Crippen LogP contribution in [0.4, 0.5) is 0 Å². The smallest absolute Gasteiger partial charge is 0.330 e. The van der Waals surface area contributed by atoms with Crippen molar-refractivity contribution in [2.75, 3.05) is 0 Å². The van der Waals surface area contributed by atoms with Crippen molar-refractivity contribution in [1.82, 2.24) is 0 Å². The summed E-state index contributed by atoms with van der Waals surface area (Å²) in [6, 6.07) is 0. The van der Waals surface area contributed by atoms with Crippen LogP contribution in [-0.2, 0) is 23.9 Å². The molecule has 0 radical (unpaired) electrons. The monoisotopic (exact) mass is 580 g/mol. The molecule has 4 rings (SSSR count). The Hall–Kier alpha value is -2.63. The molecule has 2 saturated carbocycles. The van der Waals surface area contributed by atoms with Crippen molar-refractivity contribution in [1.29, 1.82) is 0 Å². The first-order chi connectivity index (χ1) is 19.5. The molecule has 6 heteroatoms. The number of carboxylic acids is 1. The lowest BCUT2D eigenvalue weighted by atomic mass is 9.44. The minimum Gasteiger partial charge on any atom is -0.478 e. The number of carbonyl (C=O) groups is 3. The van der Waals surface area contributed by atoms with E-state index in [1.807, 2.05) is 13.0 Å². The zero-order valence-electron chi connectivity index (χ0n) is 27.2. The summed E-state index contributed by atoms with van der Waals surface area (Å²) in [5.74, 6) is -0.387. The maximum atomic E-state index is 12.4. The Morgan fingerprint density at radius 3 is 2.36 bits per heavy atom. The number of fused-ring (bicyclic) bond motifs is 5. The minimum atomic E-state index is -0.868. The highest BCUT2D eigenvalue weighted by Gasteiger charge is 2.67. The molecular weight excluding hydrogens is 528 g/mol. The second-order valence-electron chi connectivity index (χ2n) is 14.7. The zero-order chi connectivity index (χ0) is 31.3. The number of esters is 2. The first-order valence-electron chi connectivity index (χ1n) is 15.9. The van der Waals surface area contributed by atoms with E-state index in [9.17, 15) is 19.5 Å². The van der Waals surface area contributed by atoms with Crippen LogP contribution in [0.5, 0.6) is 0 Å². The summed E-state index contributed by atoms with van der Waals surface area (Å²) in [7, 11) is 0. The average Bonchev–Trinajstić information content (AvgIpc) is 3.12. The van der Waals surface area contributed by atoms with Crippen LogP contribution in [0.25, 0.3) is 0 Å². The number of carbonyl (C=O) groups excluding carboxylic acids is 2. The minimum absolute atomic E-state index is 0.0644. The summed E-state index contributed by atoms with van der Waals surface area (Å²) in [5.41, 5.74) is 2.43. The summed E-state index contributed by atoms with van der Waals surface area (Å²) < 4.78 is 12.2. The highest BCUT2D eigenvalue weighted by Crippen LogP contribution is 2.72. The molecule has 0 heterocycles. The average molecular weight is 581 g/mol. The first-order valence-corrected chi connectivity index (χ1v) is 15.9. The highest BCUT2D eigenvalue weighted by molar-refractivity contribution is 5.85. The Morgan fingerprint density at radius 2 is 1.74 bits per heavy atom. The lowest BCUT2D eigenvalue weighted by Gasteiger charge is -2.61. The molecule has 6 nitrogen and oxygen atoms in total. The summed E-state index contributed by atoms with van der Waals surface area (Å²) in [4.78, 5) is 36.2. The van der Waals surface area contributed by atoms with Crippen LogP contribution in [-0.4, -0.2) is 35.2 Å². The fourth-order valence-corrected chi connectivity index (χ4v) is 9.64. The summed E-state index contributed by atoms with van der Waals surface area (Å²) >= 11 is 0. The van der Waals surface area contributed by atoms with Crippen molar-refractivity contribution in [3.05, 3.63) is 47.1 Å². The predicted molar refractivity (Wildman–Crippen MR) is 164 cm³/mol. The van der Waals surface area contributed by atoms with Gasteiger partial charge in [0, 0.05) is 29.4 Å². The molecule has 0 saturated heterocycles. The van der Waals surface area contributed by atoms with Gasteiger partial charge in [-0.3, -0.25) is 4.79 Å². The van der Waals surface area contributed by atoms with Crippen LogP contribution in [0.1, 0.15) is 107 Å². The van der Waals surface area contributed by atoms with Crippen LogP contribution in [0, 0.1) is 39.4 Å². The van der Waals surface area contributed by atoms with Crippen LogP contribution < -0.4 is 0 Å². The van der Waals surface area contributed by atoms with Gasteiger partial charge in [-0.15, -0.1) is 0 Å². The summed E-state index contributed by atoms with van der Waals surface area (Å²) in [5, 5.41) is 9.27. The molecule has 0 aliphatic heterocycles. The molecule has 0 aromatic heterocycles. The van der Waals surface area contributed by atoms with Gasteiger partial charge in [-0.2, -0.15) is 0 Å². The Kier molecular flexibility index (Phi) is 8.81. The molecule has 232 valence electrons. The van der Waals surface area contributed by atoms with E-state index < -0.39 is 5.97 Å². The largest absolute Gasteiger partial charge is 0.478 e. The van der Waals surface area contributed by atoms with E-state index in [0.29, 0.717) is 23.3 Å². The normalized spacial score (nSPS) is 38.0. The summed E-state index contributed by atoms with van der Waals surface area (Å²) in [6.07, 6.45) is 15.6. The number of rotatable bonds is 8. The fraction of sp³-hybridized carbons (Fsp3) is 0.694. The number of ether oxygens (including phenoxy) is 2. The van der Waals surface area contributed by atoms with Gasteiger partial charge in [0.05, 0.1) is 0 Å². The second kappa shape index (κ2) is 11.5. The third-order valence-electron chi connectivity index (χ3n) is 12.3. The first kappa shape index (κ1) is 32.3. The van der Waals surface area contributed by atoms with Gasteiger partial charge >= 0.3 is 17.9 Å². The third kappa shape index (κ3) is 5.11. The molecule has 2 fully saturated rings. The highest BCUT2D eigenvalue weighted by atomic mass is 16.5. The van der Waals surface area contributed by atoms with Gasteiger partial charge in [0.1, 0.15) is 12.2 Å². The van der Waals surface area contributed by atoms with Crippen LogP contribution in [0.2, 0.25) is 0 Å². The molecule has 4 aliphatic carbocycles. The number of carboxylic acid groups (broad SMARTS) is 1. The molecular formula is C36H52O6. The van der Waals surface area contributed by atoms with Crippen molar-refractivity contribution in [3.8, 4) is 0 Å². The maximum absolute atomic E-state index is 12.4. The SMILES string of the molecule is C/C=C/C(=O)O[C@H]1CC[C@]2(C)C3=CC[C@]4(C)[C@@H]([C@H](C)CC/C=C(\C)C(=O)O)C[C@H](OC(C)=O)[C@@]4(C)C3=CC[C@H]2C1(C)C. The molecule has 0 amide bonds. The van der Waals surface area contributed by atoms with E-state index in [1.165, 1.54) is 24.1 Å². The molecule has 42 heavy (non-hydrogen) atoms.